The van der Waals surface area contributed by atoms with E-state index in [1.54, 1.807) is 5.38 Å². The number of hydrogen-bond donors (Lipinski definition) is 1. The van der Waals surface area contributed by atoms with Crippen molar-refractivity contribution in [1.82, 2.24) is 9.29 Å². The highest BCUT2D eigenvalue weighted by atomic mass is 35.5. The predicted octanol–water partition coefficient (Wildman–Crippen LogP) is 4.99. The van der Waals surface area contributed by atoms with Crippen LogP contribution in [0.2, 0.25) is 4.34 Å². The van der Waals surface area contributed by atoms with Crippen LogP contribution in [0.5, 0.6) is 0 Å². The first-order chi connectivity index (χ1) is 14.8. The van der Waals surface area contributed by atoms with Crippen LogP contribution in [0.25, 0.3) is 11.3 Å². The predicted molar refractivity (Wildman–Crippen MR) is 117 cm³/mol. The number of nitrogens with zero attached hydrogens (tertiary/aromatic N) is 2. The summed E-state index contributed by atoms with van der Waals surface area (Å²) in [4.78, 5) is 17.2. The summed E-state index contributed by atoms with van der Waals surface area (Å²) >= 11 is 7.95. The van der Waals surface area contributed by atoms with Crippen LogP contribution >= 0.6 is 34.3 Å². The summed E-state index contributed by atoms with van der Waals surface area (Å²) in [5.41, 5.74) is 0.743. The third-order valence-corrected chi connectivity index (χ3v) is 9.18. The van der Waals surface area contributed by atoms with E-state index in [4.69, 9.17) is 11.6 Å². The van der Waals surface area contributed by atoms with Crippen LogP contribution in [0.3, 0.4) is 0 Å². The number of sulfonamides is 1. The number of carbonyl (C=O) groups is 1. The monoisotopic (exact) mass is 503 g/mol. The summed E-state index contributed by atoms with van der Waals surface area (Å²) in [6, 6.07) is 5.48. The molecule has 1 unspecified atom stereocenters. The first kappa shape index (κ1) is 22.3. The Morgan fingerprint density at radius 2 is 2.00 bits per heavy atom. The van der Waals surface area contributed by atoms with Gasteiger partial charge in [0.05, 0.1) is 10.0 Å². The minimum Gasteiger partial charge on any atom is -0.301 e. The molecule has 0 saturated carbocycles. The number of benzene rings is 1. The largest absolute Gasteiger partial charge is 0.301 e. The lowest BCUT2D eigenvalue weighted by atomic mass is 10.0. The molecule has 0 radical (unpaired) electrons. The van der Waals surface area contributed by atoms with E-state index in [1.807, 2.05) is 0 Å². The molecule has 1 aromatic carbocycles. The molecule has 1 aliphatic rings. The topological polar surface area (TPSA) is 79.4 Å². The Morgan fingerprint density at radius 1 is 1.19 bits per heavy atom. The second-order valence-corrected chi connectivity index (χ2v) is 11.5. The standard InChI is InChI=1S/C19H16ClF2N3O3S3/c20-16-6-7-17(30-16)31(27,28)25-8-2-1-3-15(25)18(26)24-19-23-14(10-29-19)11-4-5-12(21)13(22)9-11/h4-7,9-10,15H,1-3,8H2,(H,23,24,26). The Hall–Kier alpha value is -1.92. The molecule has 12 heteroatoms. The molecule has 4 rings (SSSR count). The van der Waals surface area contributed by atoms with Gasteiger partial charge >= 0.3 is 0 Å². The summed E-state index contributed by atoms with van der Waals surface area (Å²) in [6.45, 7) is 0.230. The van der Waals surface area contributed by atoms with Gasteiger partial charge in [0.15, 0.2) is 16.8 Å². The summed E-state index contributed by atoms with van der Waals surface area (Å²) in [7, 11) is -3.86. The van der Waals surface area contributed by atoms with E-state index in [0.29, 0.717) is 34.9 Å². The molecular formula is C19H16ClF2N3O3S3. The van der Waals surface area contributed by atoms with E-state index in [-0.39, 0.29) is 15.9 Å². The van der Waals surface area contributed by atoms with Gasteiger partial charge in [-0.05, 0) is 43.2 Å². The third-order valence-electron chi connectivity index (χ3n) is 4.82. The lowest BCUT2D eigenvalue weighted by Crippen LogP contribution is -2.49. The SMILES string of the molecule is O=C(Nc1nc(-c2ccc(F)c(F)c2)cs1)C1CCCCN1S(=O)(=O)c1ccc(Cl)s1. The molecule has 1 fully saturated rings. The van der Waals surface area contributed by atoms with Gasteiger partial charge in [-0.25, -0.2) is 22.2 Å². The lowest BCUT2D eigenvalue weighted by Gasteiger charge is -2.32. The molecule has 0 aliphatic carbocycles. The first-order valence-corrected chi connectivity index (χ1v) is 12.8. The highest BCUT2D eigenvalue weighted by Crippen LogP contribution is 2.32. The zero-order chi connectivity index (χ0) is 22.2. The summed E-state index contributed by atoms with van der Waals surface area (Å²) in [5.74, 6) is -2.44. The number of halogens is 3. The molecule has 0 spiro atoms. The zero-order valence-corrected chi connectivity index (χ0v) is 19.1. The maximum Gasteiger partial charge on any atom is 0.253 e. The zero-order valence-electron chi connectivity index (χ0n) is 15.8. The normalized spacial score (nSPS) is 17.6. The fourth-order valence-corrected chi connectivity index (χ4v) is 7.31. The van der Waals surface area contributed by atoms with Gasteiger partial charge in [-0.3, -0.25) is 4.79 Å². The van der Waals surface area contributed by atoms with Crippen LogP contribution in [0.1, 0.15) is 19.3 Å². The van der Waals surface area contributed by atoms with E-state index in [1.165, 1.54) is 22.5 Å². The van der Waals surface area contributed by atoms with Crippen LogP contribution in [0.4, 0.5) is 13.9 Å². The van der Waals surface area contributed by atoms with Crippen molar-refractivity contribution in [1.29, 1.82) is 0 Å². The van der Waals surface area contributed by atoms with E-state index < -0.39 is 33.6 Å². The highest BCUT2D eigenvalue weighted by molar-refractivity contribution is 7.91. The van der Waals surface area contributed by atoms with E-state index in [0.717, 1.165) is 34.8 Å². The van der Waals surface area contributed by atoms with Gasteiger partial charge in [-0.2, -0.15) is 4.31 Å². The molecule has 1 amide bonds. The van der Waals surface area contributed by atoms with Crippen molar-refractivity contribution in [3.05, 3.63) is 51.7 Å². The minimum absolute atomic E-state index is 0.0899. The maximum atomic E-state index is 13.5. The molecule has 6 nitrogen and oxygen atoms in total. The molecule has 1 aliphatic heterocycles. The second kappa shape index (κ2) is 8.91. The number of hydrogen-bond acceptors (Lipinski definition) is 6. The second-order valence-electron chi connectivity index (χ2n) is 6.84. The van der Waals surface area contributed by atoms with Gasteiger partial charge in [-0.1, -0.05) is 18.0 Å². The Labute approximate surface area is 190 Å². The minimum atomic E-state index is -3.86. The number of thiazole rings is 1. The average molecular weight is 504 g/mol. The fraction of sp³-hybridized carbons (Fsp3) is 0.263. The number of amides is 1. The van der Waals surface area contributed by atoms with Crippen molar-refractivity contribution in [3.63, 3.8) is 0 Å². The van der Waals surface area contributed by atoms with Crippen molar-refractivity contribution in [2.75, 3.05) is 11.9 Å². The molecule has 1 N–H and O–H groups in total. The summed E-state index contributed by atoms with van der Waals surface area (Å²) < 4.78 is 54.3. The van der Waals surface area contributed by atoms with Gasteiger partial charge < -0.3 is 5.32 Å². The molecule has 2 aromatic heterocycles. The number of carbonyl (C=O) groups excluding carboxylic acids is 1. The van der Waals surface area contributed by atoms with Gasteiger partial charge in [0.2, 0.25) is 5.91 Å². The molecular weight excluding hydrogens is 488 g/mol. The number of anilines is 1. The quantitative estimate of drug-likeness (QED) is 0.532. The van der Waals surface area contributed by atoms with Gasteiger partial charge in [0.1, 0.15) is 10.3 Å². The maximum absolute atomic E-state index is 13.5. The fourth-order valence-electron chi connectivity index (χ4n) is 3.31. The number of piperidine rings is 1. The Balaban J connectivity index is 1.53. The molecule has 3 heterocycles. The molecule has 1 atom stereocenters. The lowest BCUT2D eigenvalue weighted by molar-refractivity contribution is -0.120. The van der Waals surface area contributed by atoms with Gasteiger partial charge in [0.25, 0.3) is 10.0 Å². The Bertz CT molecular complexity index is 1230. The Kier molecular flexibility index (Phi) is 6.40. The summed E-state index contributed by atoms with van der Waals surface area (Å²) in [6.07, 6.45) is 1.75. The van der Waals surface area contributed by atoms with Gasteiger partial charge in [-0.15, -0.1) is 22.7 Å². The van der Waals surface area contributed by atoms with Crippen molar-refractivity contribution in [3.8, 4) is 11.3 Å². The van der Waals surface area contributed by atoms with Crippen LogP contribution in [0, 0.1) is 11.6 Å². The van der Waals surface area contributed by atoms with Crippen molar-refractivity contribution >= 4 is 55.3 Å². The van der Waals surface area contributed by atoms with Crippen molar-refractivity contribution < 1.29 is 22.0 Å². The van der Waals surface area contributed by atoms with Crippen LogP contribution in [-0.2, 0) is 14.8 Å². The van der Waals surface area contributed by atoms with E-state index >= 15 is 0 Å². The average Bonchev–Trinajstić information content (AvgIpc) is 3.39. The van der Waals surface area contributed by atoms with E-state index in [2.05, 4.69) is 10.3 Å². The van der Waals surface area contributed by atoms with Crippen LogP contribution in [-0.4, -0.2) is 36.2 Å². The molecule has 31 heavy (non-hydrogen) atoms. The molecule has 3 aromatic rings. The van der Waals surface area contributed by atoms with Crippen molar-refractivity contribution in [2.45, 2.75) is 29.5 Å². The molecule has 1 saturated heterocycles. The van der Waals surface area contributed by atoms with Crippen molar-refractivity contribution in [2.24, 2.45) is 0 Å². The smallest absolute Gasteiger partial charge is 0.253 e. The van der Waals surface area contributed by atoms with E-state index in [9.17, 15) is 22.0 Å². The van der Waals surface area contributed by atoms with Crippen LogP contribution < -0.4 is 5.32 Å². The van der Waals surface area contributed by atoms with Crippen LogP contribution in [0.15, 0.2) is 39.9 Å². The molecule has 164 valence electrons. The van der Waals surface area contributed by atoms with Gasteiger partial charge in [0, 0.05) is 17.5 Å². The number of aromatic nitrogens is 1. The highest BCUT2D eigenvalue weighted by Gasteiger charge is 2.38. The number of thiophene rings is 1. The number of rotatable bonds is 5. The third kappa shape index (κ3) is 4.65. The number of nitrogens with one attached hydrogen (secondary N) is 1. The summed E-state index contributed by atoms with van der Waals surface area (Å²) in [5, 5.41) is 4.50. The Morgan fingerprint density at radius 3 is 2.71 bits per heavy atom. The molecule has 0 bridgehead atoms. The first-order valence-electron chi connectivity index (χ1n) is 9.25.